The molecule has 0 aromatic heterocycles. The number of nitrogens with one attached hydrogen (secondary N) is 1. The van der Waals surface area contributed by atoms with Crippen LogP contribution in [0.3, 0.4) is 0 Å². The fourth-order valence-corrected chi connectivity index (χ4v) is 3.73. The molecule has 2 aliphatic rings. The zero-order valence-corrected chi connectivity index (χ0v) is 13.2. The van der Waals surface area contributed by atoms with Gasteiger partial charge in [0.05, 0.1) is 5.60 Å². The van der Waals surface area contributed by atoms with Crippen LogP contribution in [-0.2, 0) is 6.42 Å². The van der Waals surface area contributed by atoms with Gasteiger partial charge in [0.25, 0.3) is 0 Å². The predicted octanol–water partition coefficient (Wildman–Crippen LogP) is 3.30. The molecule has 0 aliphatic heterocycles. The third kappa shape index (κ3) is 3.09. The molecule has 3 N–H and O–H groups in total. The Hall–Kier alpha value is -1.06. The Kier molecular flexibility index (Phi) is 3.74. The van der Waals surface area contributed by atoms with Gasteiger partial charge in [-0.2, -0.15) is 0 Å². The number of phenols is 1. The van der Waals surface area contributed by atoms with Crippen molar-refractivity contribution in [3.05, 3.63) is 29.3 Å². The summed E-state index contributed by atoms with van der Waals surface area (Å²) in [5.74, 6) is 0.412. The summed E-state index contributed by atoms with van der Waals surface area (Å²) in [4.78, 5) is 0. The summed E-state index contributed by atoms with van der Waals surface area (Å²) in [5, 5.41) is 24.2. The molecule has 3 heteroatoms. The van der Waals surface area contributed by atoms with Gasteiger partial charge in [-0.3, -0.25) is 0 Å². The van der Waals surface area contributed by atoms with E-state index < -0.39 is 5.60 Å². The Labute approximate surface area is 127 Å². The van der Waals surface area contributed by atoms with Gasteiger partial charge in [0.15, 0.2) is 0 Å². The lowest BCUT2D eigenvalue weighted by Crippen LogP contribution is -2.45. The second kappa shape index (κ2) is 5.29. The first-order chi connectivity index (χ1) is 9.89. The fourth-order valence-electron chi connectivity index (χ4n) is 3.73. The predicted molar refractivity (Wildman–Crippen MR) is 84.4 cm³/mol. The first kappa shape index (κ1) is 14.9. The summed E-state index contributed by atoms with van der Waals surface area (Å²) < 4.78 is 0. The Balaban J connectivity index is 1.61. The van der Waals surface area contributed by atoms with Crippen LogP contribution < -0.4 is 5.32 Å². The quantitative estimate of drug-likeness (QED) is 0.800. The largest absolute Gasteiger partial charge is 0.508 e. The molecule has 21 heavy (non-hydrogen) atoms. The molecule has 1 unspecified atom stereocenters. The molecule has 1 aromatic rings. The number of hydrogen-bond acceptors (Lipinski definition) is 3. The van der Waals surface area contributed by atoms with Crippen molar-refractivity contribution in [3.63, 3.8) is 0 Å². The van der Waals surface area contributed by atoms with E-state index in [2.05, 4.69) is 25.2 Å². The number of hydrogen-bond donors (Lipinski definition) is 3. The number of benzene rings is 1. The van der Waals surface area contributed by atoms with Crippen molar-refractivity contribution in [1.82, 2.24) is 5.32 Å². The standard InChI is InChI=1S/C18H27NO2/c1-17(2)8-10-18(21,11-9-17)12-19-15-7-6-14-13(15)4-3-5-16(14)20/h3-5,15,19-21H,6-12H2,1-2H3. The van der Waals surface area contributed by atoms with Crippen molar-refractivity contribution in [2.24, 2.45) is 5.41 Å². The average molecular weight is 289 g/mol. The van der Waals surface area contributed by atoms with Gasteiger partial charge in [0.2, 0.25) is 0 Å². The molecular weight excluding hydrogens is 262 g/mol. The van der Waals surface area contributed by atoms with Crippen molar-refractivity contribution in [3.8, 4) is 5.75 Å². The van der Waals surface area contributed by atoms with Crippen LogP contribution in [0.25, 0.3) is 0 Å². The van der Waals surface area contributed by atoms with E-state index in [4.69, 9.17) is 0 Å². The van der Waals surface area contributed by atoms with Crippen LogP contribution in [0.15, 0.2) is 18.2 Å². The minimum absolute atomic E-state index is 0.270. The van der Waals surface area contributed by atoms with Crippen LogP contribution in [0, 0.1) is 5.41 Å². The van der Waals surface area contributed by atoms with E-state index in [-0.39, 0.29) is 6.04 Å². The highest BCUT2D eigenvalue weighted by molar-refractivity contribution is 5.44. The van der Waals surface area contributed by atoms with E-state index in [0.29, 0.717) is 17.7 Å². The molecule has 0 bridgehead atoms. The minimum atomic E-state index is -0.560. The molecule has 0 radical (unpaired) electrons. The third-order valence-corrected chi connectivity index (χ3v) is 5.46. The lowest BCUT2D eigenvalue weighted by atomic mass is 9.71. The van der Waals surface area contributed by atoms with E-state index in [9.17, 15) is 10.2 Å². The number of phenolic OH excluding ortho intramolecular Hbond substituents is 1. The van der Waals surface area contributed by atoms with E-state index in [1.54, 1.807) is 6.07 Å². The van der Waals surface area contributed by atoms with E-state index in [1.165, 1.54) is 5.56 Å². The van der Waals surface area contributed by atoms with E-state index in [0.717, 1.165) is 44.1 Å². The number of aliphatic hydroxyl groups is 1. The molecule has 0 heterocycles. The Morgan fingerprint density at radius 1 is 1.19 bits per heavy atom. The summed E-state index contributed by atoms with van der Waals surface area (Å²) in [5.41, 5.74) is 2.09. The first-order valence-electron chi connectivity index (χ1n) is 8.15. The van der Waals surface area contributed by atoms with Crippen LogP contribution in [-0.4, -0.2) is 22.4 Å². The topological polar surface area (TPSA) is 52.5 Å². The van der Waals surface area contributed by atoms with E-state index in [1.807, 2.05) is 6.07 Å². The molecule has 0 amide bonds. The van der Waals surface area contributed by atoms with Gasteiger partial charge >= 0.3 is 0 Å². The maximum absolute atomic E-state index is 10.8. The van der Waals surface area contributed by atoms with Gasteiger partial charge in [-0.05, 0) is 61.1 Å². The van der Waals surface area contributed by atoms with Crippen LogP contribution in [0.2, 0.25) is 0 Å². The normalized spacial score (nSPS) is 26.5. The number of fused-ring (bicyclic) bond motifs is 1. The third-order valence-electron chi connectivity index (χ3n) is 5.46. The average Bonchev–Trinajstić information content (AvgIpc) is 2.86. The van der Waals surface area contributed by atoms with Crippen LogP contribution in [0.5, 0.6) is 5.75 Å². The molecular formula is C18H27NO2. The first-order valence-corrected chi connectivity index (χ1v) is 8.15. The van der Waals surface area contributed by atoms with Crippen LogP contribution >= 0.6 is 0 Å². The Morgan fingerprint density at radius 2 is 1.90 bits per heavy atom. The van der Waals surface area contributed by atoms with Crippen LogP contribution in [0.4, 0.5) is 0 Å². The molecule has 1 fully saturated rings. The van der Waals surface area contributed by atoms with Crippen LogP contribution in [0.1, 0.15) is 63.1 Å². The highest BCUT2D eigenvalue weighted by atomic mass is 16.3. The summed E-state index contributed by atoms with van der Waals surface area (Å²) in [6, 6.07) is 6.03. The Bertz CT molecular complexity index is 514. The van der Waals surface area contributed by atoms with Crippen molar-refractivity contribution in [1.29, 1.82) is 0 Å². The number of aromatic hydroxyl groups is 1. The summed E-state index contributed by atoms with van der Waals surface area (Å²) in [6.45, 7) is 5.23. The van der Waals surface area contributed by atoms with Gasteiger partial charge in [-0.25, -0.2) is 0 Å². The highest BCUT2D eigenvalue weighted by Crippen LogP contribution is 2.41. The van der Waals surface area contributed by atoms with Crippen molar-refractivity contribution >= 4 is 0 Å². The van der Waals surface area contributed by atoms with Gasteiger partial charge in [-0.1, -0.05) is 26.0 Å². The zero-order valence-electron chi connectivity index (χ0n) is 13.2. The number of rotatable bonds is 3. The molecule has 0 spiro atoms. The van der Waals surface area contributed by atoms with Gasteiger partial charge < -0.3 is 15.5 Å². The smallest absolute Gasteiger partial charge is 0.119 e. The molecule has 2 aliphatic carbocycles. The van der Waals surface area contributed by atoms with Crippen molar-refractivity contribution in [2.75, 3.05) is 6.54 Å². The molecule has 1 aromatic carbocycles. The van der Waals surface area contributed by atoms with Gasteiger partial charge in [0.1, 0.15) is 5.75 Å². The lowest BCUT2D eigenvalue weighted by Gasteiger charge is -2.40. The second-order valence-electron chi connectivity index (χ2n) is 7.71. The summed E-state index contributed by atoms with van der Waals surface area (Å²) in [6.07, 6.45) is 5.87. The summed E-state index contributed by atoms with van der Waals surface area (Å²) in [7, 11) is 0. The maximum atomic E-state index is 10.8. The molecule has 1 saturated carbocycles. The lowest BCUT2D eigenvalue weighted by molar-refractivity contribution is -0.0261. The Morgan fingerprint density at radius 3 is 2.62 bits per heavy atom. The monoisotopic (exact) mass is 289 g/mol. The molecule has 0 saturated heterocycles. The minimum Gasteiger partial charge on any atom is -0.508 e. The fraction of sp³-hybridized carbons (Fsp3) is 0.667. The molecule has 116 valence electrons. The van der Waals surface area contributed by atoms with E-state index >= 15 is 0 Å². The highest BCUT2D eigenvalue weighted by Gasteiger charge is 2.37. The van der Waals surface area contributed by atoms with Crippen molar-refractivity contribution < 1.29 is 10.2 Å². The van der Waals surface area contributed by atoms with Gasteiger partial charge in [-0.15, -0.1) is 0 Å². The molecule has 3 nitrogen and oxygen atoms in total. The SMILES string of the molecule is CC1(C)CCC(O)(CNC2CCc3c(O)cccc32)CC1. The van der Waals surface area contributed by atoms with Gasteiger partial charge in [0, 0.05) is 12.6 Å². The molecule has 1 atom stereocenters. The second-order valence-corrected chi connectivity index (χ2v) is 7.71. The molecule has 3 rings (SSSR count). The van der Waals surface area contributed by atoms with Crippen molar-refractivity contribution in [2.45, 2.75) is 64.0 Å². The summed E-state index contributed by atoms with van der Waals surface area (Å²) >= 11 is 0. The zero-order chi connectivity index (χ0) is 15.1. The maximum Gasteiger partial charge on any atom is 0.119 e.